The van der Waals surface area contributed by atoms with Crippen molar-refractivity contribution in [2.75, 3.05) is 5.32 Å². The Balaban J connectivity index is 1.97. The first-order valence-corrected chi connectivity index (χ1v) is 4.76. The van der Waals surface area contributed by atoms with E-state index in [9.17, 15) is 0 Å². The highest BCUT2D eigenvalue weighted by Crippen LogP contribution is 2.05. The zero-order valence-corrected chi connectivity index (χ0v) is 7.95. The van der Waals surface area contributed by atoms with E-state index in [0.717, 1.165) is 11.5 Å². The van der Waals surface area contributed by atoms with Gasteiger partial charge in [0.1, 0.15) is 5.82 Å². The molecule has 2 aromatic heterocycles. The topological polar surface area (TPSA) is 55.6 Å². The molecule has 68 valence electrons. The molecule has 2 aromatic rings. The zero-order valence-electron chi connectivity index (χ0n) is 7.14. The molecular formula is C7H9N5S. The van der Waals surface area contributed by atoms with E-state index in [4.69, 9.17) is 0 Å². The van der Waals surface area contributed by atoms with Gasteiger partial charge in [-0.1, -0.05) is 5.21 Å². The molecule has 0 atom stereocenters. The summed E-state index contributed by atoms with van der Waals surface area (Å²) < 4.78 is 1.69. The average molecular weight is 195 g/mol. The second-order valence-corrected chi connectivity index (χ2v) is 3.29. The summed E-state index contributed by atoms with van der Waals surface area (Å²) in [5.74, 6) is 0.896. The fourth-order valence-electron chi connectivity index (χ4n) is 0.956. The smallest absolute Gasteiger partial charge is 0.144 e. The van der Waals surface area contributed by atoms with Crippen molar-refractivity contribution in [2.45, 2.75) is 6.54 Å². The Morgan fingerprint density at radius 1 is 1.62 bits per heavy atom. The van der Waals surface area contributed by atoms with Crippen molar-refractivity contribution in [3.63, 3.8) is 0 Å². The summed E-state index contributed by atoms with van der Waals surface area (Å²) in [6.07, 6.45) is 1.69. The van der Waals surface area contributed by atoms with E-state index in [2.05, 4.69) is 20.6 Å². The number of nitrogens with zero attached hydrogens (tertiary/aromatic N) is 4. The summed E-state index contributed by atoms with van der Waals surface area (Å²) in [5, 5.41) is 12.7. The molecule has 0 aromatic carbocycles. The van der Waals surface area contributed by atoms with E-state index >= 15 is 0 Å². The molecule has 0 unspecified atom stereocenters. The Bertz CT molecular complexity index is 366. The molecule has 13 heavy (non-hydrogen) atoms. The second-order valence-electron chi connectivity index (χ2n) is 2.58. The Labute approximate surface area is 79.4 Å². The number of nitrogens with one attached hydrogen (secondary N) is 1. The van der Waals surface area contributed by atoms with Crippen molar-refractivity contribution < 1.29 is 0 Å². The van der Waals surface area contributed by atoms with Gasteiger partial charge in [-0.15, -0.1) is 16.4 Å². The predicted octanol–water partition coefficient (Wildman–Crippen LogP) is 0.884. The van der Waals surface area contributed by atoms with Crippen LogP contribution in [0, 0.1) is 0 Å². The maximum atomic E-state index is 4.15. The van der Waals surface area contributed by atoms with Gasteiger partial charge in [-0.3, -0.25) is 0 Å². The molecule has 0 aliphatic heterocycles. The lowest BCUT2D eigenvalue weighted by Crippen LogP contribution is -2.04. The van der Waals surface area contributed by atoms with Gasteiger partial charge in [0, 0.05) is 12.4 Å². The van der Waals surface area contributed by atoms with Crippen LogP contribution in [0.5, 0.6) is 0 Å². The van der Waals surface area contributed by atoms with Crippen molar-refractivity contribution in [3.05, 3.63) is 22.8 Å². The lowest BCUT2D eigenvalue weighted by atomic mass is 10.5. The molecule has 2 rings (SSSR count). The number of anilines is 1. The molecular weight excluding hydrogens is 186 g/mol. The van der Waals surface area contributed by atoms with Crippen LogP contribution in [0.3, 0.4) is 0 Å². The fraction of sp³-hybridized carbons (Fsp3) is 0.286. The third-order valence-corrected chi connectivity index (χ3v) is 2.28. The molecule has 0 fully saturated rings. The number of rotatable bonds is 3. The number of hydrogen-bond acceptors (Lipinski definition) is 5. The first kappa shape index (κ1) is 8.18. The third kappa shape index (κ3) is 1.83. The molecule has 0 aliphatic rings. The van der Waals surface area contributed by atoms with Crippen LogP contribution in [0.4, 0.5) is 5.82 Å². The fourth-order valence-corrected chi connectivity index (χ4v) is 1.51. The summed E-state index contributed by atoms with van der Waals surface area (Å²) in [4.78, 5) is 4.15. The molecule has 1 N–H and O–H groups in total. The molecule has 0 bridgehead atoms. The molecule has 0 radical (unpaired) electrons. The van der Waals surface area contributed by atoms with Crippen LogP contribution >= 0.6 is 11.3 Å². The molecule has 0 spiro atoms. The molecule has 0 saturated carbocycles. The van der Waals surface area contributed by atoms with Gasteiger partial charge < -0.3 is 5.32 Å². The SMILES string of the molecule is Cn1nncc1NCc1cscn1. The van der Waals surface area contributed by atoms with Gasteiger partial charge in [0.05, 0.1) is 23.9 Å². The lowest BCUT2D eigenvalue weighted by molar-refractivity contribution is 0.716. The number of aromatic nitrogens is 4. The van der Waals surface area contributed by atoms with E-state index in [1.807, 2.05) is 17.9 Å². The highest BCUT2D eigenvalue weighted by atomic mass is 32.1. The van der Waals surface area contributed by atoms with Gasteiger partial charge in [0.2, 0.25) is 0 Å². The first-order chi connectivity index (χ1) is 6.36. The van der Waals surface area contributed by atoms with Crippen molar-refractivity contribution in [3.8, 4) is 0 Å². The minimum atomic E-state index is 0.713. The largest absolute Gasteiger partial charge is 0.363 e. The summed E-state index contributed by atoms with van der Waals surface area (Å²) in [7, 11) is 1.84. The molecule has 5 nitrogen and oxygen atoms in total. The maximum Gasteiger partial charge on any atom is 0.144 e. The van der Waals surface area contributed by atoms with Gasteiger partial charge in [-0.2, -0.15) is 0 Å². The van der Waals surface area contributed by atoms with Crippen LogP contribution in [0.1, 0.15) is 5.69 Å². The number of aryl methyl sites for hydroxylation is 1. The minimum absolute atomic E-state index is 0.713. The Morgan fingerprint density at radius 3 is 3.15 bits per heavy atom. The summed E-state index contributed by atoms with van der Waals surface area (Å²) in [6.45, 7) is 0.713. The van der Waals surface area contributed by atoms with Crippen LogP contribution in [-0.2, 0) is 13.6 Å². The van der Waals surface area contributed by atoms with E-state index < -0.39 is 0 Å². The van der Waals surface area contributed by atoms with E-state index in [0.29, 0.717) is 6.54 Å². The van der Waals surface area contributed by atoms with Gasteiger partial charge in [-0.05, 0) is 0 Å². The second kappa shape index (κ2) is 3.53. The first-order valence-electron chi connectivity index (χ1n) is 3.82. The van der Waals surface area contributed by atoms with Crippen molar-refractivity contribution in [1.82, 2.24) is 20.0 Å². The summed E-state index contributed by atoms with van der Waals surface area (Å²) >= 11 is 1.59. The summed E-state index contributed by atoms with van der Waals surface area (Å²) in [5.41, 5.74) is 2.85. The standard InChI is InChI=1S/C7H9N5S/c1-12-7(3-10-11-12)8-2-6-4-13-5-9-6/h3-5,8H,2H2,1H3. The summed E-state index contributed by atoms with van der Waals surface area (Å²) in [6, 6.07) is 0. The van der Waals surface area contributed by atoms with Gasteiger partial charge in [-0.25, -0.2) is 9.67 Å². The third-order valence-electron chi connectivity index (χ3n) is 1.65. The molecule has 6 heteroatoms. The van der Waals surface area contributed by atoms with Crippen LogP contribution in [0.2, 0.25) is 0 Å². The number of hydrogen-bond donors (Lipinski definition) is 1. The molecule has 2 heterocycles. The van der Waals surface area contributed by atoms with E-state index in [1.54, 1.807) is 22.2 Å². The van der Waals surface area contributed by atoms with E-state index in [1.165, 1.54) is 0 Å². The Hall–Kier alpha value is -1.43. The minimum Gasteiger partial charge on any atom is -0.363 e. The van der Waals surface area contributed by atoms with Gasteiger partial charge >= 0.3 is 0 Å². The van der Waals surface area contributed by atoms with Crippen LogP contribution in [0.15, 0.2) is 17.1 Å². The Kier molecular flexibility index (Phi) is 2.22. The maximum absolute atomic E-state index is 4.15. The predicted molar refractivity (Wildman–Crippen MR) is 50.4 cm³/mol. The van der Waals surface area contributed by atoms with Crippen molar-refractivity contribution in [1.29, 1.82) is 0 Å². The molecule has 0 amide bonds. The lowest BCUT2D eigenvalue weighted by Gasteiger charge is -2.01. The monoisotopic (exact) mass is 195 g/mol. The quantitative estimate of drug-likeness (QED) is 0.790. The van der Waals surface area contributed by atoms with Crippen molar-refractivity contribution in [2.24, 2.45) is 7.05 Å². The molecule has 0 aliphatic carbocycles. The van der Waals surface area contributed by atoms with Gasteiger partial charge in [0.15, 0.2) is 0 Å². The van der Waals surface area contributed by atoms with Crippen LogP contribution < -0.4 is 5.32 Å². The normalized spacial score (nSPS) is 10.2. The van der Waals surface area contributed by atoms with Crippen LogP contribution in [0.25, 0.3) is 0 Å². The van der Waals surface area contributed by atoms with Crippen LogP contribution in [-0.4, -0.2) is 20.0 Å². The zero-order chi connectivity index (χ0) is 9.10. The number of thiazole rings is 1. The highest BCUT2D eigenvalue weighted by molar-refractivity contribution is 7.07. The van der Waals surface area contributed by atoms with Crippen molar-refractivity contribution >= 4 is 17.2 Å². The Morgan fingerprint density at radius 2 is 2.54 bits per heavy atom. The highest BCUT2D eigenvalue weighted by Gasteiger charge is 1.99. The average Bonchev–Trinajstić information content (AvgIpc) is 2.72. The van der Waals surface area contributed by atoms with Gasteiger partial charge in [0.25, 0.3) is 0 Å². The molecule has 0 saturated heterocycles. The van der Waals surface area contributed by atoms with E-state index in [-0.39, 0.29) is 0 Å².